The van der Waals surface area contributed by atoms with Crippen molar-refractivity contribution in [2.75, 3.05) is 92.4 Å². The van der Waals surface area contributed by atoms with Crippen LogP contribution in [-0.2, 0) is 61.1 Å². The second-order valence-corrected chi connectivity index (χ2v) is 4.31. The van der Waals surface area contributed by atoms with E-state index in [1.807, 2.05) is 0 Å². The Bertz CT molecular complexity index is 204. The van der Waals surface area contributed by atoms with Crippen molar-refractivity contribution >= 4 is 0 Å². The Labute approximate surface area is 169 Å². The van der Waals surface area contributed by atoms with Gasteiger partial charge in [-0.05, 0) is 0 Å². The van der Waals surface area contributed by atoms with Gasteiger partial charge in [-0.15, -0.1) is 11.0 Å². The van der Waals surface area contributed by atoms with E-state index in [1.165, 1.54) is 5.54 Å². The van der Waals surface area contributed by atoms with Gasteiger partial charge >= 0.3 is 0 Å². The van der Waals surface area contributed by atoms with Gasteiger partial charge in [-0.2, -0.15) is 5.54 Å². The summed E-state index contributed by atoms with van der Waals surface area (Å²) in [4.78, 5) is 0. The molecule has 10 heteroatoms. The van der Waals surface area contributed by atoms with Crippen molar-refractivity contribution in [3.05, 3.63) is 5.73 Å². The second-order valence-electron chi connectivity index (χ2n) is 4.31. The van der Waals surface area contributed by atoms with Crippen LogP contribution in [0.5, 0.6) is 0 Å². The van der Waals surface area contributed by atoms with E-state index >= 15 is 0 Å². The van der Waals surface area contributed by atoms with Crippen LogP contribution in [0.25, 0.3) is 5.73 Å². The van der Waals surface area contributed by atoms with Crippen molar-refractivity contribution in [2.45, 2.75) is 0 Å². The third-order valence-electron chi connectivity index (χ3n) is 2.45. The summed E-state index contributed by atoms with van der Waals surface area (Å²) in [6.45, 7) is 6.24. The molecule has 0 amide bonds. The molecule has 2 N–H and O–H groups in total. The van der Waals surface area contributed by atoms with Crippen LogP contribution in [0, 0.1) is 0 Å². The number of hydrogen-bond acceptors (Lipinski definition) is 7. The SMILES string of the molecule is [NH-]CCOCCOCCOCCOCCOCCOCCNF.[Y]. The summed E-state index contributed by atoms with van der Waals surface area (Å²) < 4.78 is 42.9. The zero-order chi connectivity index (χ0) is 16.8. The Balaban J connectivity index is 0. The average molecular weight is 430 g/mol. The third kappa shape index (κ3) is 25.0. The van der Waals surface area contributed by atoms with E-state index in [1.54, 1.807) is 0 Å². The Morgan fingerprint density at radius 3 is 1.12 bits per heavy atom. The molecule has 0 aromatic carbocycles. The molecule has 0 aromatic rings. The molecule has 0 bridgehead atoms. The van der Waals surface area contributed by atoms with Gasteiger partial charge < -0.3 is 34.2 Å². The third-order valence-corrected chi connectivity index (χ3v) is 2.45. The van der Waals surface area contributed by atoms with Crippen LogP contribution in [-0.4, -0.2) is 92.4 Å². The van der Waals surface area contributed by atoms with E-state index < -0.39 is 0 Å². The fourth-order valence-corrected chi connectivity index (χ4v) is 1.38. The summed E-state index contributed by atoms with van der Waals surface area (Å²) in [5.41, 5.74) is 8.39. The molecule has 0 aliphatic heterocycles. The minimum Gasteiger partial charge on any atom is -0.676 e. The Morgan fingerprint density at radius 2 is 0.833 bits per heavy atom. The van der Waals surface area contributed by atoms with Crippen LogP contribution in [0.1, 0.15) is 0 Å². The molecule has 143 valence electrons. The Kier molecular flexibility index (Phi) is 29.1. The van der Waals surface area contributed by atoms with Crippen molar-refractivity contribution in [2.24, 2.45) is 0 Å². The molecule has 1 radical (unpaired) electrons. The number of ether oxygens (including phenoxy) is 6. The molecule has 0 spiro atoms. The molecule has 0 saturated heterocycles. The number of nitrogens with one attached hydrogen (secondary N) is 2. The van der Waals surface area contributed by atoms with E-state index in [-0.39, 0.29) is 45.8 Å². The number of halogens is 1. The molecule has 0 heterocycles. The largest absolute Gasteiger partial charge is 0.676 e. The average Bonchev–Trinajstić information content (AvgIpc) is 2.57. The summed E-state index contributed by atoms with van der Waals surface area (Å²) in [6.07, 6.45) is 0. The van der Waals surface area contributed by atoms with Crippen LogP contribution in [0.15, 0.2) is 0 Å². The molecule has 0 fully saturated rings. The summed E-state index contributed by atoms with van der Waals surface area (Å²) in [6, 6.07) is 0. The molecule has 0 rings (SSSR count). The first-order valence-electron chi connectivity index (χ1n) is 7.86. The zero-order valence-electron chi connectivity index (χ0n) is 14.3. The van der Waals surface area contributed by atoms with Gasteiger partial charge in [0.1, 0.15) is 0 Å². The van der Waals surface area contributed by atoms with Crippen LogP contribution in [0.3, 0.4) is 0 Å². The molecule has 0 unspecified atom stereocenters. The topological polar surface area (TPSA) is 91.2 Å². The molecule has 24 heavy (non-hydrogen) atoms. The summed E-state index contributed by atoms with van der Waals surface area (Å²) in [5, 5.41) is 0. The van der Waals surface area contributed by atoms with Crippen molar-refractivity contribution in [3.63, 3.8) is 0 Å². The van der Waals surface area contributed by atoms with Gasteiger partial charge in [0.05, 0.1) is 72.7 Å². The van der Waals surface area contributed by atoms with Gasteiger partial charge in [-0.1, -0.05) is 0 Å². The fourth-order valence-electron chi connectivity index (χ4n) is 1.38. The second kappa shape index (κ2) is 25.9. The molecule has 8 nitrogen and oxygen atoms in total. The van der Waals surface area contributed by atoms with Crippen LogP contribution < -0.4 is 5.54 Å². The predicted molar refractivity (Wildman–Crippen MR) is 83.2 cm³/mol. The quantitative estimate of drug-likeness (QED) is 0.224. The minimum atomic E-state index is 0. The standard InChI is InChI=1S/C14H30FN2O6.Y/c15-17-2-4-19-6-8-21-10-12-23-14-13-22-11-9-20-7-5-18-3-1-16;/h16-17H,1-14H2;/q-1;. The summed E-state index contributed by atoms with van der Waals surface area (Å²) >= 11 is 0. The van der Waals surface area contributed by atoms with Gasteiger partial charge in [0, 0.05) is 45.9 Å². The Morgan fingerprint density at radius 1 is 0.542 bits per heavy atom. The van der Waals surface area contributed by atoms with E-state index in [9.17, 15) is 4.48 Å². The predicted octanol–water partition coefficient (Wildman–Crippen LogP) is 0.610. The van der Waals surface area contributed by atoms with Crippen LogP contribution in [0.2, 0.25) is 0 Å². The van der Waals surface area contributed by atoms with E-state index in [4.69, 9.17) is 34.2 Å². The minimum absolute atomic E-state index is 0. The molecule has 0 saturated carbocycles. The monoisotopic (exact) mass is 430 g/mol. The normalized spacial score (nSPS) is 10.8. The first-order valence-corrected chi connectivity index (χ1v) is 7.86. The van der Waals surface area contributed by atoms with Gasteiger partial charge in [-0.3, -0.25) is 0 Å². The zero-order valence-corrected chi connectivity index (χ0v) is 17.1. The Hall–Kier alpha value is 0.714. The smallest absolute Gasteiger partial charge is 0.0701 e. The van der Waals surface area contributed by atoms with Gasteiger partial charge in [-0.25, -0.2) is 0 Å². The molecular formula is C14H30FN2O6Y-. The number of hydrogen-bond donors (Lipinski definition) is 1. The molecule has 0 aliphatic carbocycles. The summed E-state index contributed by atoms with van der Waals surface area (Å²) in [5.74, 6) is 0. The van der Waals surface area contributed by atoms with Crippen LogP contribution >= 0.6 is 0 Å². The van der Waals surface area contributed by atoms with E-state index in [2.05, 4.69) is 0 Å². The van der Waals surface area contributed by atoms with Crippen molar-refractivity contribution in [1.29, 1.82) is 0 Å². The van der Waals surface area contributed by atoms with Gasteiger partial charge in [0.25, 0.3) is 0 Å². The van der Waals surface area contributed by atoms with Gasteiger partial charge in [0.15, 0.2) is 0 Å². The van der Waals surface area contributed by atoms with E-state index in [0.717, 1.165) is 0 Å². The number of rotatable bonds is 20. The van der Waals surface area contributed by atoms with Crippen molar-refractivity contribution in [1.82, 2.24) is 5.54 Å². The first kappa shape index (κ1) is 26.9. The maximum atomic E-state index is 11.5. The molecule has 0 atom stereocenters. The fraction of sp³-hybridized carbons (Fsp3) is 1.00. The van der Waals surface area contributed by atoms with E-state index in [0.29, 0.717) is 79.3 Å². The molecule has 0 aliphatic rings. The first-order chi connectivity index (χ1) is 11.4. The van der Waals surface area contributed by atoms with Gasteiger partial charge in [0.2, 0.25) is 0 Å². The molecule has 0 aromatic heterocycles. The van der Waals surface area contributed by atoms with Crippen LogP contribution in [0.4, 0.5) is 4.48 Å². The van der Waals surface area contributed by atoms with Crippen molar-refractivity contribution < 1.29 is 65.6 Å². The summed E-state index contributed by atoms with van der Waals surface area (Å²) in [7, 11) is 0. The molecular weight excluding hydrogens is 400 g/mol. The maximum absolute atomic E-state index is 11.5. The maximum Gasteiger partial charge on any atom is 0.0701 e. The van der Waals surface area contributed by atoms with Crippen molar-refractivity contribution in [3.8, 4) is 0 Å².